The number of benzene rings is 1. The molecule has 2 heterocycles. The molecule has 3 rings (SSSR count). The van der Waals surface area contributed by atoms with E-state index in [1.165, 1.54) is 0 Å². The van der Waals surface area contributed by atoms with Gasteiger partial charge in [0.2, 0.25) is 10.0 Å². The molecule has 8 nitrogen and oxygen atoms in total. The number of hydrogen-bond donors (Lipinski definition) is 1. The van der Waals surface area contributed by atoms with Gasteiger partial charge in [0.05, 0.1) is 24.5 Å². The van der Waals surface area contributed by atoms with Crippen molar-refractivity contribution >= 4 is 15.9 Å². The van der Waals surface area contributed by atoms with Gasteiger partial charge in [-0.3, -0.25) is 9.48 Å². The van der Waals surface area contributed by atoms with Crippen LogP contribution in [0.15, 0.2) is 42.6 Å². The predicted molar refractivity (Wildman–Crippen MR) is 91.5 cm³/mol. The molecule has 0 radical (unpaired) electrons. The highest BCUT2D eigenvalue weighted by atomic mass is 32.2. The summed E-state index contributed by atoms with van der Waals surface area (Å²) in [7, 11) is -3.31. The molecule has 1 atom stereocenters. The van der Waals surface area contributed by atoms with Crippen molar-refractivity contribution in [1.29, 1.82) is 0 Å². The highest BCUT2D eigenvalue weighted by Crippen LogP contribution is 2.20. The number of fused-ring (bicyclic) bond motifs is 1. The first-order valence-corrected chi connectivity index (χ1v) is 9.74. The maximum absolute atomic E-state index is 12.5. The highest BCUT2D eigenvalue weighted by Gasteiger charge is 2.29. The van der Waals surface area contributed by atoms with Crippen LogP contribution in [0.25, 0.3) is 0 Å². The standard InChI is InChI=1S/C16H20N4O4S/c1-25(22,23)18-9-14-11-19(10-13-7-8-17-20(13)14)16(21)12-24-15-5-3-2-4-6-15/h2-8,14,18H,9-12H2,1H3/t14-/m1/s1. The lowest BCUT2D eigenvalue weighted by Crippen LogP contribution is -2.46. The third-order valence-electron chi connectivity index (χ3n) is 3.92. The van der Waals surface area contributed by atoms with Crippen LogP contribution in [-0.2, 0) is 21.4 Å². The lowest BCUT2D eigenvalue weighted by molar-refractivity contribution is -0.135. The summed E-state index contributed by atoms with van der Waals surface area (Å²) in [6.07, 6.45) is 2.76. The molecule has 0 aliphatic carbocycles. The summed E-state index contributed by atoms with van der Waals surface area (Å²) >= 11 is 0. The van der Waals surface area contributed by atoms with Crippen LogP contribution in [0.4, 0.5) is 0 Å². The molecular weight excluding hydrogens is 344 g/mol. The van der Waals surface area contributed by atoms with E-state index in [2.05, 4.69) is 9.82 Å². The van der Waals surface area contributed by atoms with Crippen molar-refractivity contribution in [2.45, 2.75) is 12.6 Å². The smallest absolute Gasteiger partial charge is 0.260 e. The third-order valence-corrected chi connectivity index (χ3v) is 4.61. The van der Waals surface area contributed by atoms with E-state index in [9.17, 15) is 13.2 Å². The van der Waals surface area contributed by atoms with Gasteiger partial charge in [0.15, 0.2) is 6.61 Å². The Hall–Kier alpha value is -2.39. The largest absolute Gasteiger partial charge is 0.484 e. The summed E-state index contributed by atoms with van der Waals surface area (Å²) in [4.78, 5) is 14.1. The number of carbonyl (C=O) groups is 1. The predicted octanol–water partition coefficient (Wildman–Crippen LogP) is 0.395. The molecular formula is C16H20N4O4S. The number of para-hydroxylation sites is 1. The van der Waals surface area contributed by atoms with E-state index in [4.69, 9.17) is 4.74 Å². The van der Waals surface area contributed by atoms with Crippen molar-refractivity contribution in [3.8, 4) is 5.75 Å². The van der Waals surface area contributed by atoms with Crippen LogP contribution in [0.2, 0.25) is 0 Å². The first kappa shape index (κ1) is 17.4. The van der Waals surface area contributed by atoms with Crippen molar-refractivity contribution in [2.24, 2.45) is 0 Å². The van der Waals surface area contributed by atoms with Crippen LogP contribution in [0.5, 0.6) is 5.75 Å². The molecule has 0 unspecified atom stereocenters. The average Bonchev–Trinajstić information content (AvgIpc) is 3.06. The molecule has 134 valence electrons. The van der Waals surface area contributed by atoms with Gasteiger partial charge in [0, 0.05) is 19.3 Å². The number of nitrogens with zero attached hydrogens (tertiary/aromatic N) is 3. The number of carbonyl (C=O) groups excluding carboxylic acids is 1. The van der Waals surface area contributed by atoms with E-state index >= 15 is 0 Å². The Balaban J connectivity index is 1.65. The Bertz CT molecular complexity index is 835. The second kappa shape index (κ2) is 7.24. The van der Waals surface area contributed by atoms with Gasteiger partial charge in [-0.2, -0.15) is 5.10 Å². The van der Waals surface area contributed by atoms with Crippen molar-refractivity contribution in [1.82, 2.24) is 19.4 Å². The minimum Gasteiger partial charge on any atom is -0.484 e. The molecule has 1 aromatic heterocycles. The number of sulfonamides is 1. The van der Waals surface area contributed by atoms with E-state index in [0.717, 1.165) is 11.9 Å². The molecule has 0 spiro atoms. The second-order valence-corrected chi connectivity index (χ2v) is 7.75. The SMILES string of the molecule is CS(=O)(=O)NC[C@@H]1CN(C(=O)COc2ccccc2)Cc2ccnn21. The average molecular weight is 364 g/mol. The van der Waals surface area contributed by atoms with Gasteiger partial charge in [0.1, 0.15) is 5.75 Å². The highest BCUT2D eigenvalue weighted by molar-refractivity contribution is 7.88. The zero-order valence-corrected chi connectivity index (χ0v) is 14.6. The van der Waals surface area contributed by atoms with E-state index in [1.807, 2.05) is 24.3 Å². The zero-order chi connectivity index (χ0) is 17.9. The van der Waals surface area contributed by atoms with Crippen LogP contribution < -0.4 is 9.46 Å². The molecule has 2 aromatic rings. The van der Waals surface area contributed by atoms with Crippen molar-refractivity contribution in [3.63, 3.8) is 0 Å². The summed E-state index contributed by atoms with van der Waals surface area (Å²) < 4.78 is 32.5. The van der Waals surface area contributed by atoms with Gasteiger partial charge in [-0.05, 0) is 18.2 Å². The molecule has 9 heteroatoms. The topological polar surface area (TPSA) is 93.5 Å². The van der Waals surface area contributed by atoms with E-state index in [-0.39, 0.29) is 25.1 Å². The van der Waals surface area contributed by atoms with Crippen molar-refractivity contribution in [3.05, 3.63) is 48.3 Å². The summed E-state index contributed by atoms with van der Waals surface area (Å²) in [5, 5.41) is 4.24. The first-order valence-electron chi connectivity index (χ1n) is 7.85. The van der Waals surface area contributed by atoms with Gasteiger partial charge in [-0.25, -0.2) is 13.1 Å². The van der Waals surface area contributed by atoms with Gasteiger partial charge in [-0.1, -0.05) is 18.2 Å². The van der Waals surface area contributed by atoms with Crippen LogP contribution >= 0.6 is 0 Å². The third kappa shape index (κ3) is 4.58. The molecule has 25 heavy (non-hydrogen) atoms. The molecule has 1 amide bonds. The Morgan fingerprint density at radius 1 is 1.32 bits per heavy atom. The molecule has 1 N–H and O–H groups in total. The monoisotopic (exact) mass is 364 g/mol. The summed E-state index contributed by atoms with van der Waals surface area (Å²) in [6, 6.07) is 10.7. The molecule has 1 aliphatic rings. The number of hydrogen-bond acceptors (Lipinski definition) is 5. The van der Waals surface area contributed by atoms with Crippen LogP contribution in [0.3, 0.4) is 0 Å². The molecule has 0 saturated carbocycles. The molecule has 0 bridgehead atoms. The minimum absolute atomic E-state index is 0.0651. The Morgan fingerprint density at radius 2 is 2.08 bits per heavy atom. The zero-order valence-electron chi connectivity index (χ0n) is 13.8. The molecule has 1 aromatic carbocycles. The fourth-order valence-corrected chi connectivity index (χ4v) is 3.22. The van der Waals surface area contributed by atoms with Crippen molar-refractivity contribution in [2.75, 3.05) is 26.0 Å². The maximum Gasteiger partial charge on any atom is 0.260 e. The Kier molecular flexibility index (Phi) is 5.05. The summed E-state index contributed by atoms with van der Waals surface area (Å²) in [5.41, 5.74) is 0.861. The normalized spacial score (nSPS) is 17.2. The molecule has 0 fully saturated rings. The summed E-state index contributed by atoms with van der Waals surface area (Å²) in [6.45, 7) is 0.905. The number of ether oxygens (including phenoxy) is 1. The van der Waals surface area contributed by atoms with E-state index in [0.29, 0.717) is 18.8 Å². The quantitative estimate of drug-likeness (QED) is 0.801. The number of aromatic nitrogens is 2. The first-order chi connectivity index (χ1) is 11.9. The number of amides is 1. The number of nitrogens with one attached hydrogen (secondary N) is 1. The maximum atomic E-state index is 12.5. The number of rotatable bonds is 6. The fraction of sp³-hybridized carbons (Fsp3) is 0.375. The van der Waals surface area contributed by atoms with Gasteiger partial charge in [-0.15, -0.1) is 0 Å². The van der Waals surface area contributed by atoms with Gasteiger partial charge >= 0.3 is 0 Å². The lowest BCUT2D eigenvalue weighted by atomic mass is 10.2. The Morgan fingerprint density at radius 3 is 2.80 bits per heavy atom. The van der Waals surface area contributed by atoms with Gasteiger partial charge in [0.25, 0.3) is 5.91 Å². The Labute approximate surface area is 146 Å². The van der Waals surface area contributed by atoms with Crippen LogP contribution in [0.1, 0.15) is 11.7 Å². The van der Waals surface area contributed by atoms with Crippen LogP contribution in [-0.4, -0.2) is 55.0 Å². The van der Waals surface area contributed by atoms with Crippen LogP contribution in [0, 0.1) is 0 Å². The fourth-order valence-electron chi connectivity index (χ4n) is 2.73. The lowest BCUT2D eigenvalue weighted by Gasteiger charge is -2.33. The van der Waals surface area contributed by atoms with Gasteiger partial charge < -0.3 is 9.64 Å². The van der Waals surface area contributed by atoms with E-state index < -0.39 is 10.0 Å². The molecule has 1 aliphatic heterocycles. The molecule has 0 saturated heterocycles. The second-order valence-electron chi connectivity index (χ2n) is 5.92. The summed E-state index contributed by atoms with van der Waals surface area (Å²) in [5.74, 6) is 0.480. The minimum atomic E-state index is -3.31. The van der Waals surface area contributed by atoms with E-state index in [1.54, 1.807) is 27.9 Å². The van der Waals surface area contributed by atoms with Crippen molar-refractivity contribution < 1.29 is 17.9 Å².